The van der Waals surface area contributed by atoms with Crippen molar-refractivity contribution in [2.24, 2.45) is 0 Å². The lowest BCUT2D eigenvalue weighted by atomic mass is 9.97. The second-order valence-electron chi connectivity index (χ2n) is 5.10. The molecule has 2 rings (SSSR count). The molecule has 2 aromatic rings. The topological polar surface area (TPSA) is 28.7 Å². The van der Waals surface area contributed by atoms with Gasteiger partial charge in [-0.2, -0.15) is 0 Å². The lowest BCUT2D eigenvalue weighted by Gasteiger charge is -2.12. The van der Waals surface area contributed by atoms with Crippen LogP contribution in [0.5, 0.6) is 0 Å². The largest absolute Gasteiger partial charge is 0.346 e. The summed E-state index contributed by atoms with van der Waals surface area (Å²) in [6.45, 7) is 6.50. The van der Waals surface area contributed by atoms with Crippen molar-refractivity contribution in [3.63, 3.8) is 0 Å². The maximum atomic E-state index is 5.35. The predicted octanol–water partition coefficient (Wildman–Crippen LogP) is 4.88. The van der Waals surface area contributed by atoms with Crippen LogP contribution in [0, 0.1) is 4.64 Å². The number of aromatic nitrogens is 2. The summed E-state index contributed by atoms with van der Waals surface area (Å²) in [4.78, 5) is 7.44. The van der Waals surface area contributed by atoms with Gasteiger partial charge in [0, 0.05) is 5.56 Å². The summed E-state index contributed by atoms with van der Waals surface area (Å²) in [6.07, 6.45) is 3.99. The fraction of sp³-hybridized carbons (Fsp3) is 0.375. The quantitative estimate of drug-likeness (QED) is 0.803. The zero-order valence-electron chi connectivity index (χ0n) is 11.7. The molecule has 0 bridgehead atoms. The fourth-order valence-electron chi connectivity index (χ4n) is 2.31. The van der Waals surface area contributed by atoms with Gasteiger partial charge in [-0.15, -0.1) is 0 Å². The van der Waals surface area contributed by atoms with Gasteiger partial charge in [0.1, 0.15) is 4.64 Å². The lowest BCUT2D eigenvalue weighted by molar-refractivity contribution is 0.843. The third kappa shape index (κ3) is 3.10. The molecule has 100 valence electrons. The van der Waals surface area contributed by atoms with Crippen molar-refractivity contribution >= 4 is 12.2 Å². The van der Waals surface area contributed by atoms with Crippen LogP contribution in [-0.4, -0.2) is 9.97 Å². The fourth-order valence-corrected chi connectivity index (χ4v) is 2.70. The zero-order chi connectivity index (χ0) is 13.8. The molecule has 0 unspecified atom stereocenters. The highest BCUT2D eigenvalue weighted by Gasteiger charge is 2.11. The van der Waals surface area contributed by atoms with Crippen LogP contribution in [0.2, 0.25) is 0 Å². The van der Waals surface area contributed by atoms with Gasteiger partial charge in [-0.25, -0.2) is 4.98 Å². The molecule has 0 saturated carbocycles. The Bertz CT molecular complexity index is 597. The minimum atomic E-state index is 0.364. The average Bonchev–Trinajstić information content (AvgIpc) is 2.39. The summed E-state index contributed by atoms with van der Waals surface area (Å²) in [5, 5.41) is 0. The zero-order valence-corrected chi connectivity index (χ0v) is 12.6. The molecule has 0 aliphatic carbocycles. The van der Waals surface area contributed by atoms with Crippen LogP contribution in [0.3, 0.4) is 0 Å². The Kier molecular flexibility index (Phi) is 4.48. The van der Waals surface area contributed by atoms with Gasteiger partial charge in [-0.1, -0.05) is 63.7 Å². The Morgan fingerprint density at radius 2 is 1.89 bits per heavy atom. The average molecular weight is 272 g/mol. The second-order valence-corrected chi connectivity index (χ2v) is 5.48. The number of H-pyrrole nitrogens is 1. The number of aryl methyl sites for hydroxylation is 1. The molecule has 2 nitrogen and oxygen atoms in total. The SMILES string of the molecule is CCCc1ccc(-c2[nH]cnc(=S)c2C(C)C)cc1. The molecule has 0 aliphatic rings. The highest BCUT2D eigenvalue weighted by molar-refractivity contribution is 7.71. The number of nitrogens with one attached hydrogen (secondary N) is 1. The van der Waals surface area contributed by atoms with E-state index in [1.807, 2.05) is 0 Å². The predicted molar refractivity (Wildman–Crippen MR) is 82.9 cm³/mol. The number of rotatable bonds is 4. The smallest absolute Gasteiger partial charge is 0.133 e. The van der Waals surface area contributed by atoms with Crippen molar-refractivity contribution < 1.29 is 0 Å². The third-order valence-corrected chi connectivity index (χ3v) is 3.57. The normalized spacial score (nSPS) is 10.9. The molecule has 1 aromatic heterocycles. The minimum absolute atomic E-state index is 0.364. The molecule has 0 amide bonds. The second kappa shape index (κ2) is 6.11. The van der Waals surface area contributed by atoms with Crippen molar-refractivity contribution in [1.82, 2.24) is 9.97 Å². The van der Waals surface area contributed by atoms with Crippen LogP contribution in [0.4, 0.5) is 0 Å². The van der Waals surface area contributed by atoms with E-state index in [-0.39, 0.29) is 0 Å². The van der Waals surface area contributed by atoms with Crippen LogP contribution < -0.4 is 0 Å². The minimum Gasteiger partial charge on any atom is -0.346 e. The van der Waals surface area contributed by atoms with Crippen LogP contribution in [0.1, 0.15) is 44.2 Å². The van der Waals surface area contributed by atoms with Gasteiger partial charge in [-0.3, -0.25) is 0 Å². The highest BCUT2D eigenvalue weighted by atomic mass is 32.1. The number of nitrogens with zero attached hydrogens (tertiary/aromatic N) is 1. The van der Waals surface area contributed by atoms with Gasteiger partial charge in [-0.05, 0) is 23.5 Å². The summed E-state index contributed by atoms with van der Waals surface area (Å²) in [5.41, 5.74) is 4.78. The Balaban J connectivity index is 2.47. The van der Waals surface area contributed by atoms with Crippen LogP contribution in [-0.2, 0) is 6.42 Å². The molecular formula is C16H20N2S. The van der Waals surface area contributed by atoms with Crippen molar-refractivity contribution in [2.45, 2.75) is 39.5 Å². The third-order valence-electron chi connectivity index (χ3n) is 3.25. The maximum absolute atomic E-state index is 5.35. The number of aromatic amines is 1. The molecule has 0 saturated heterocycles. The summed E-state index contributed by atoms with van der Waals surface area (Å²) in [7, 11) is 0. The summed E-state index contributed by atoms with van der Waals surface area (Å²) < 4.78 is 0.696. The van der Waals surface area contributed by atoms with E-state index in [0.717, 1.165) is 17.7 Å². The van der Waals surface area contributed by atoms with E-state index >= 15 is 0 Å². The van der Waals surface area contributed by atoms with Crippen molar-refractivity contribution in [3.8, 4) is 11.3 Å². The first-order valence-electron chi connectivity index (χ1n) is 6.80. The van der Waals surface area contributed by atoms with Gasteiger partial charge in [0.15, 0.2) is 0 Å². The van der Waals surface area contributed by atoms with Crippen molar-refractivity contribution in [1.29, 1.82) is 0 Å². The van der Waals surface area contributed by atoms with E-state index in [1.54, 1.807) is 6.33 Å². The molecule has 0 radical (unpaired) electrons. The number of benzene rings is 1. The molecule has 0 aliphatic heterocycles. The Hall–Kier alpha value is -1.48. The van der Waals surface area contributed by atoms with E-state index in [1.165, 1.54) is 17.5 Å². The monoisotopic (exact) mass is 272 g/mol. The van der Waals surface area contributed by atoms with Gasteiger partial charge in [0.05, 0.1) is 12.0 Å². The number of hydrogen-bond donors (Lipinski definition) is 1. The molecule has 19 heavy (non-hydrogen) atoms. The van der Waals surface area contributed by atoms with E-state index in [2.05, 4.69) is 55.0 Å². The lowest BCUT2D eigenvalue weighted by Crippen LogP contribution is -1.99. The number of hydrogen-bond acceptors (Lipinski definition) is 2. The van der Waals surface area contributed by atoms with Crippen molar-refractivity contribution in [3.05, 3.63) is 46.4 Å². The van der Waals surface area contributed by atoms with Gasteiger partial charge >= 0.3 is 0 Å². The van der Waals surface area contributed by atoms with Crippen molar-refractivity contribution in [2.75, 3.05) is 0 Å². The molecule has 1 aromatic carbocycles. The van der Waals surface area contributed by atoms with E-state index in [0.29, 0.717) is 10.6 Å². The first kappa shape index (κ1) is 13.9. The van der Waals surface area contributed by atoms with E-state index in [4.69, 9.17) is 12.2 Å². The first-order chi connectivity index (χ1) is 9.13. The molecular weight excluding hydrogens is 252 g/mol. The molecule has 1 heterocycles. The maximum Gasteiger partial charge on any atom is 0.133 e. The first-order valence-corrected chi connectivity index (χ1v) is 7.21. The van der Waals surface area contributed by atoms with E-state index < -0.39 is 0 Å². The van der Waals surface area contributed by atoms with Crippen LogP contribution >= 0.6 is 12.2 Å². The Labute approximate surface area is 119 Å². The van der Waals surface area contributed by atoms with Crippen LogP contribution in [0.25, 0.3) is 11.3 Å². The Morgan fingerprint density at radius 1 is 1.21 bits per heavy atom. The summed E-state index contributed by atoms with van der Waals surface area (Å²) >= 11 is 5.35. The van der Waals surface area contributed by atoms with Gasteiger partial charge in [0.2, 0.25) is 0 Å². The Morgan fingerprint density at radius 3 is 2.47 bits per heavy atom. The summed E-state index contributed by atoms with van der Waals surface area (Å²) in [6, 6.07) is 8.72. The molecule has 3 heteroatoms. The van der Waals surface area contributed by atoms with Gasteiger partial charge < -0.3 is 4.98 Å². The molecule has 0 atom stereocenters. The molecule has 0 spiro atoms. The highest BCUT2D eigenvalue weighted by Crippen LogP contribution is 2.27. The molecule has 1 N–H and O–H groups in total. The van der Waals surface area contributed by atoms with Crippen LogP contribution in [0.15, 0.2) is 30.6 Å². The van der Waals surface area contributed by atoms with Gasteiger partial charge in [0.25, 0.3) is 0 Å². The summed E-state index contributed by atoms with van der Waals surface area (Å²) in [5.74, 6) is 0.364. The standard InChI is InChI=1S/C16H20N2S/c1-4-5-12-6-8-13(9-7-12)15-14(11(2)3)16(19)18-10-17-15/h6-11H,4-5H2,1-3H3,(H,17,18,19). The van der Waals surface area contributed by atoms with E-state index in [9.17, 15) is 0 Å². The molecule has 0 fully saturated rings.